The van der Waals surface area contributed by atoms with E-state index in [4.69, 9.17) is 9.26 Å². The van der Waals surface area contributed by atoms with Gasteiger partial charge in [0.1, 0.15) is 5.75 Å². The van der Waals surface area contributed by atoms with Gasteiger partial charge < -0.3 is 14.4 Å². The van der Waals surface area contributed by atoms with Crippen LogP contribution in [-0.2, 0) is 0 Å². The van der Waals surface area contributed by atoms with Gasteiger partial charge in [0.2, 0.25) is 12.2 Å². The Morgan fingerprint density at radius 1 is 1.05 bits per heavy atom. The average molecular weight is 254 g/mol. The molecule has 1 N–H and O–H groups in total. The van der Waals surface area contributed by atoms with Gasteiger partial charge in [-0.15, -0.1) is 0 Å². The molecule has 0 unspecified atom stereocenters. The maximum atomic E-state index is 9.80. The van der Waals surface area contributed by atoms with Crippen LogP contribution in [0, 0.1) is 0 Å². The maximum absolute atomic E-state index is 9.80. The van der Waals surface area contributed by atoms with E-state index in [1.165, 1.54) is 12.5 Å². The molecule has 0 bridgehead atoms. The Bertz CT molecular complexity index is 666. The van der Waals surface area contributed by atoms with Crippen molar-refractivity contribution in [3.8, 4) is 28.6 Å². The molecule has 5 heteroatoms. The minimum absolute atomic E-state index is 0.0519. The van der Waals surface area contributed by atoms with E-state index in [-0.39, 0.29) is 5.75 Å². The normalized spacial score (nSPS) is 10.3. The highest BCUT2D eigenvalue weighted by molar-refractivity contribution is 5.60. The summed E-state index contributed by atoms with van der Waals surface area (Å²) >= 11 is 0. The summed E-state index contributed by atoms with van der Waals surface area (Å²) in [5.41, 5.74) is 0.706. The van der Waals surface area contributed by atoms with E-state index in [0.717, 1.165) is 0 Å². The van der Waals surface area contributed by atoms with E-state index >= 15 is 0 Å². The highest BCUT2D eigenvalue weighted by atomic mass is 16.5. The fourth-order valence-corrected chi connectivity index (χ4v) is 1.65. The third-order valence-electron chi connectivity index (χ3n) is 2.55. The minimum Gasteiger partial charge on any atom is -0.504 e. The number of nitrogens with zero attached hydrogens (tertiary/aromatic N) is 2. The second kappa shape index (κ2) is 4.81. The van der Waals surface area contributed by atoms with Crippen molar-refractivity contribution in [1.29, 1.82) is 0 Å². The van der Waals surface area contributed by atoms with Gasteiger partial charge in [0.25, 0.3) is 0 Å². The Morgan fingerprint density at radius 2 is 1.89 bits per heavy atom. The van der Waals surface area contributed by atoms with Gasteiger partial charge in [0.05, 0.1) is 0 Å². The zero-order valence-electron chi connectivity index (χ0n) is 9.85. The van der Waals surface area contributed by atoms with Gasteiger partial charge in [-0.1, -0.05) is 23.4 Å². The smallest absolute Gasteiger partial charge is 0.214 e. The molecule has 0 radical (unpaired) electrons. The standard InChI is InChI=1S/C14H10N2O3/c17-12-7-6-10(14-15-9-18-16-14)8-13(12)19-11-4-2-1-3-5-11/h1-9,17H. The lowest BCUT2D eigenvalue weighted by Gasteiger charge is -2.08. The number of aromatic nitrogens is 2. The predicted molar refractivity (Wildman–Crippen MR) is 67.9 cm³/mol. The number of aromatic hydroxyl groups is 1. The minimum atomic E-state index is 0.0519. The summed E-state index contributed by atoms with van der Waals surface area (Å²) in [5, 5.41) is 13.5. The van der Waals surface area contributed by atoms with Crippen molar-refractivity contribution in [2.45, 2.75) is 0 Å². The lowest BCUT2D eigenvalue weighted by atomic mass is 10.2. The third-order valence-corrected chi connectivity index (χ3v) is 2.55. The van der Waals surface area contributed by atoms with Crippen LogP contribution in [0.15, 0.2) is 59.4 Å². The molecule has 2 aromatic carbocycles. The molecule has 0 spiro atoms. The second-order valence-corrected chi connectivity index (χ2v) is 3.85. The monoisotopic (exact) mass is 254 g/mol. The molecule has 5 nitrogen and oxygen atoms in total. The molecule has 0 saturated heterocycles. The first-order chi connectivity index (χ1) is 9.33. The topological polar surface area (TPSA) is 68.4 Å². The molecule has 3 aromatic rings. The summed E-state index contributed by atoms with van der Waals surface area (Å²) in [5.74, 6) is 1.48. The van der Waals surface area contributed by atoms with Gasteiger partial charge in [-0.05, 0) is 30.3 Å². The number of ether oxygens (including phenoxy) is 1. The summed E-state index contributed by atoms with van der Waals surface area (Å²) < 4.78 is 10.3. The van der Waals surface area contributed by atoms with Crippen molar-refractivity contribution in [3.05, 3.63) is 54.9 Å². The number of rotatable bonds is 3. The molecule has 94 valence electrons. The number of hydrogen-bond acceptors (Lipinski definition) is 5. The fraction of sp³-hybridized carbons (Fsp3) is 0. The molecule has 0 fully saturated rings. The van der Waals surface area contributed by atoms with Crippen LogP contribution in [0.4, 0.5) is 0 Å². The average Bonchev–Trinajstić information content (AvgIpc) is 2.96. The van der Waals surface area contributed by atoms with Gasteiger partial charge >= 0.3 is 0 Å². The number of phenols is 1. The zero-order chi connectivity index (χ0) is 13.1. The Kier molecular flexibility index (Phi) is 2.86. The highest BCUT2D eigenvalue weighted by Crippen LogP contribution is 2.33. The van der Waals surface area contributed by atoms with E-state index < -0.39 is 0 Å². The second-order valence-electron chi connectivity index (χ2n) is 3.85. The van der Waals surface area contributed by atoms with E-state index in [2.05, 4.69) is 10.1 Å². The largest absolute Gasteiger partial charge is 0.504 e. The van der Waals surface area contributed by atoms with E-state index in [1.807, 2.05) is 18.2 Å². The van der Waals surface area contributed by atoms with Gasteiger partial charge in [-0.2, -0.15) is 4.98 Å². The van der Waals surface area contributed by atoms with Gasteiger partial charge in [0, 0.05) is 5.56 Å². The van der Waals surface area contributed by atoms with Crippen molar-refractivity contribution < 1.29 is 14.4 Å². The number of phenolic OH excluding ortho intramolecular Hbond substituents is 1. The maximum Gasteiger partial charge on any atom is 0.214 e. The molecule has 0 amide bonds. The van der Waals surface area contributed by atoms with Gasteiger partial charge in [0.15, 0.2) is 11.5 Å². The predicted octanol–water partition coefficient (Wildman–Crippen LogP) is 3.23. The zero-order valence-corrected chi connectivity index (χ0v) is 9.85. The highest BCUT2D eigenvalue weighted by Gasteiger charge is 2.09. The first-order valence-electron chi connectivity index (χ1n) is 5.65. The van der Waals surface area contributed by atoms with Crippen LogP contribution in [0.5, 0.6) is 17.2 Å². The van der Waals surface area contributed by atoms with Crippen LogP contribution in [0.3, 0.4) is 0 Å². The molecular formula is C14H10N2O3. The lowest BCUT2D eigenvalue weighted by Crippen LogP contribution is -1.87. The van der Waals surface area contributed by atoms with Crippen LogP contribution in [0.2, 0.25) is 0 Å². The summed E-state index contributed by atoms with van der Waals surface area (Å²) in [6.45, 7) is 0. The molecule has 1 heterocycles. The number of benzene rings is 2. The van der Waals surface area contributed by atoms with E-state index in [0.29, 0.717) is 22.9 Å². The number of hydrogen-bond donors (Lipinski definition) is 1. The van der Waals surface area contributed by atoms with Crippen molar-refractivity contribution in [3.63, 3.8) is 0 Å². The Morgan fingerprint density at radius 3 is 2.63 bits per heavy atom. The Labute approximate surface area is 109 Å². The Hall–Kier alpha value is -2.82. The molecule has 19 heavy (non-hydrogen) atoms. The van der Waals surface area contributed by atoms with Crippen LogP contribution < -0.4 is 4.74 Å². The van der Waals surface area contributed by atoms with Crippen molar-refractivity contribution in [2.24, 2.45) is 0 Å². The molecule has 0 atom stereocenters. The molecule has 0 aliphatic rings. The quantitative estimate of drug-likeness (QED) is 0.777. The van der Waals surface area contributed by atoms with Crippen LogP contribution in [0.1, 0.15) is 0 Å². The van der Waals surface area contributed by atoms with Crippen molar-refractivity contribution in [2.75, 3.05) is 0 Å². The van der Waals surface area contributed by atoms with Gasteiger partial charge in [-0.3, -0.25) is 0 Å². The first kappa shape index (κ1) is 11.3. The van der Waals surface area contributed by atoms with E-state index in [9.17, 15) is 5.11 Å². The summed E-state index contributed by atoms with van der Waals surface area (Å²) in [6, 6.07) is 14.1. The molecule has 0 aliphatic carbocycles. The fourth-order valence-electron chi connectivity index (χ4n) is 1.65. The lowest BCUT2D eigenvalue weighted by molar-refractivity contribution is 0.411. The third kappa shape index (κ3) is 2.40. The van der Waals surface area contributed by atoms with Crippen LogP contribution in [-0.4, -0.2) is 15.2 Å². The van der Waals surface area contributed by atoms with Crippen molar-refractivity contribution in [1.82, 2.24) is 10.1 Å². The summed E-state index contributed by atoms with van der Waals surface area (Å²) in [4.78, 5) is 3.95. The van der Waals surface area contributed by atoms with Crippen molar-refractivity contribution >= 4 is 0 Å². The Balaban J connectivity index is 1.95. The first-order valence-corrected chi connectivity index (χ1v) is 5.65. The molecule has 0 aliphatic heterocycles. The molecule has 1 aromatic heterocycles. The summed E-state index contributed by atoms with van der Waals surface area (Å²) in [6.07, 6.45) is 1.25. The molecule has 3 rings (SSSR count). The van der Waals surface area contributed by atoms with Crippen LogP contribution >= 0.6 is 0 Å². The van der Waals surface area contributed by atoms with Crippen LogP contribution in [0.25, 0.3) is 11.4 Å². The molecule has 0 saturated carbocycles. The molecular weight excluding hydrogens is 244 g/mol. The van der Waals surface area contributed by atoms with E-state index in [1.54, 1.807) is 24.3 Å². The summed E-state index contributed by atoms with van der Waals surface area (Å²) in [7, 11) is 0. The number of para-hydroxylation sites is 1. The van der Waals surface area contributed by atoms with Gasteiger partial charge in [-0.25, -0.2) is 0 Å². The SMILES string of the molecule is Oc1ccc(-c2ncon2)cc1Oc1ccccc1.